The number of rotatable bonds is 8. The molecule has 0 aliphatic rings. The Morgan fingerprint density at radius 2 is 1.83 bits per heavy atom. The molecule has 1 rings (SSSR count). The molecule has 1 aromatic rings. The zero-order chi connectivity index (χ0) is 17.2. The van der Waals surface area contributed by atoms with Gasteiger partial charge >= 0.3 is 12.1 Å². The number of alkyl carbamates (subject to hydrolysis) is 1. The second-order valence-electron chi connectivity index (χ2n) is 5.37. The van der Waals surface area contributed by atoms with E-state index in [-0.39, 0.29) is 25.5 Å². The fourth-order valence-corrected chi connectivity index (χ4v) is 1.81. The number of nitrogens with one attached hydrogen (secondary N) is 2. The van der Waals surface area contributed by atoms with Gasteiger partial charge < -0.3 is 20.5 Å². The van der Waals surface area contributed by atoms with Crippen molar-refractivity contribution in [3.05, 3.63) is 35.9 Å². The minimum absolute atomic E-state index is 0.0169. The molecule has 0 saturated heterocycles. The molecule has 0 heterocycles. The van der Waals surface area contributed by atoms with Crippen LogP contribution in [0.25, 0.3) is 0 Å². The van der Waals surface area contributed by atoms with E-state index in [9.17, 15) is 14.4 Å². The average molecular weight is 322 g/mol. The third-order valence-electron chi connectivity index (χ3n) is 3.08. The van der Waals surface area contributed by atoms with Crippen molar-refractivity contribution in [2.75, 3.05) is 6.54 Å². The molecule has 7 nitrogen and oxygen atoms in total. The molecule has 126 valence electrons. The SMILES string of the molecule is CC(C)C(NC(=O)CCNC(=O)OCc1ccccc1)C(=O)O. The molecular formula is C16H22N2O5. The summed E-state index contributed by atoms with van der Waals surface area (Å²) in [5.74, 6) is -1.74. The standard InChI is InChI=1S/C16H22N2O5/c1-11(2)14(15(20)21)18-13(19)8-9-17-16(22)23-10-12-6-4-3-5-7-12/h3-7,11,14H,8-10H2,1-2H3,(H,17,22)(H,18,19)(H,20,21). The molecule has 2 amide bonds. The molecule has 0 aliphatic heterocycles. The summed E-state index contributed by atoms with van der Waals surface area (Å²) in [5.41, 5.74) is 0.863. The van der Waals surface area contributed by atoms with Gasteiger partial charge in [0.2, 0.25) is 5.91 Å². The number of carbonyl (C=O) groups is 3. The number of ether oxygens (including phenoxy) is 1. The number of amides is 2. The van der Waals surface area contributed by atoms with Gasteiger partial charge in [-0.2, -0.15) is 0 Å². The second kappa shape index (κ2) is 9.45. The van der Waals surface area contributed by atoms with Crippen LogP contribution >= 0.6 is 0 Å². The van der Waals surface area contributed by atoms with Gasteiger partial charge in [0.1, 0.15) is 12.6 Å². The first-order valence-electron chi connectivity index (χ1n) is 7.37. The van der Waals surface area contributed by atoms with Gasteiger partial charge in [0.05, 0.1) is 0 Å². The fourth-order valence-electron chi connectivity index (χ4n) is 1.81. The number of aliphatic carboxylic acids is 1. The summed E-state index contributed by atoms with van der Waals surface area (Å²) in [4.78, 5) is 34.1. The maximum atomic E-state index is 11.7. The lowest BCUT2D eigenvalue weighted by Gasteiger charge is -2.17. The summed E-state index contributed by atoms with van der Waals surface area (Å²) in [6, 6.07) is 8.27. The first-order valence-corrected chi connectivity index (χ1v) is 7.37. The molecule has 0 fully saturated rings. The van der Waals surface area contributed by atoms with Crippen LogP contribution in [-0.4, -0.2) is 35.7 Å². The molecule has 0 radical (unpaired) electrons. The molecule has 0 bridgehead atoms. The molecule has 7 heteroatoms. The van der Waals surface area contributed by atoms with Crippen LogP contribution in [0.3, 0.4) is 0 Å². The smallest absolute Gasteiger partial charge is 0.407 e. The lowest BCUT2D eigenvalue weighted by atomic mass is 10.0. The molecule has 0 saturated carbocycles. The van der Waals surface area contributed by atoms with E-state index in [1.54, 1.807) is 13.8 Å². The average Bonchev–Trinajstić information content (AvgIpc) is 2.51. The van der Waals surface area contributed by atoms with Crippen LogP contribution in [0.15, 0.2) is 30.3 Å². The number of hydrogen-bond acceptors (Lipinski definition) is 4. The van der Waals surface area contributed by atoms with Gasteiger partial charge in [-0.15, -0.1) is 0 Å². The monoisotopic (exact) mass is 322 g/mol. The Kier molecular flexibility index (Phi) is 7.59. The van der Waals surface area contributed by atoms with Crippen LogP contribution in [0, 0.1) is 5.92 Å². The number of carboxylic acid groups (broad SMARTS) is 1. The van der Waals surface area contributed by atoms with E-state index in [0.717, 1.165) is 5.56 Å². The predicted molar refractivity (Wildman–Crippen MR) is 83.7 cm³/mol. The summed E-state index contributed by atoms with van der Waals surface area (Å²) >= 11 is 0. The van der Waals surface area contributed by atoms with Gasteiger partial charge in [0.25, 0.3) is 0 Å². The normalized spacial score (nSPS) is 11.6. The van der Waals surface area contributed by atoms with E-state index < -0.39 is 24.0 Å². The van der Waals surface area contributed by atoms with Gasteiger partial charge in [0, 0.05) is 13.0 Å². The summed E-state index contributed by atoms with van der Waals surface area (Å²) < 4.78 is 4.99. The van der Waals surface area contributed by atoms with Crippen molar-refractivity contribution in [2.24, 2.45) is 5.92 Å². The molecule has 1 atom stereocenters. The quantitative estimate of drug-likeness (QED) is 0.673. The Balaban J connectivity index is 2.23. The summed E-state index contributed by atoms with van der Waals surface area (Å²) in [5, 5.41) is 13.8. The summed E-state index contributed by atoms with van der Waals surface area (Å²) in [7, 11) is 0. The fraction of sp³-hybridized carbons (Fsp3) is 0.438. The van der Waals surface area contributed by atoms with Crippen LogP contribution in [-0.2, 0) is 20.9 Å². The first kappa shape index (κ1) is 18.5. The van der Waals surface area contributed by atoms with E-state index in [1.807, 2.05) is 30.3 Å². The number of benzene rings is 1. The zero-order valence-corrected chi connectivity index (χ0v) is 13.2. The van der Waals surface area contributed by atoms with Gasteiger partial charge in [-0.1, -0.05) is 44.2 Å². The first-order chi connectivity index (χ1) is 10.9. The Hall–Kier alpha value is -2.57. The molecule has 1 aromatic carbocycles. The van der Waals surface area contributed by atoms with E-state index in [2.05, 4.69) is 10.6 Å². The highest BCUT2D eigenvalue weighted by Gasteiger charge is 2.23. The Morgan fingerprint density at radius 1 is 1.17 bits per heavy atom. The Labute approximate surface area is 135 Å². The third-order valence-corrected chi connectivity index (χ3v) is 3.08. The van der Waals surface area contributed by atoms with Gasteiger partial charge in [-0.3, -0.25) is 4.79 Å². The van der Waals surface area contributed by atoms with Crippen molar-refractivity contribution in [3.8, 4) is 0 Å². The molecule has 0 aromatic heterocycles. The van der Waals surface area contributed by atoms with E-state index in [0.29, 0.717) is 0 Å². The summed E-state index contributed by atoms with van der Waals surface area (Å²) in [6.07, 6.45) is -0.642. The van der Waals surface area contributed by atoms with E-state index in [4.69, 9.17) is 9.84 Å². The minimum atomic E-state index is -1.08. The van der Waals surface area contributed by atoms with Gasteiger partial charge in [0.15, 0.2) is 0 Å². The maximum Gasteiger partial charge on any atom is 0.407 e. The van der Waals surface area contributed by atoms with Gasteiger partial charge in [-0.05, 0) is 11.5 Å². The largest absolute Gasteiger partial charge is 0.480 e. The highest BCUT2D eigenvalue weighted by Crippen LogP contribution is 2.02. The van der Waals surface area contributed by atoms with Crippen LogP contribution < -0.4 is 10.6 Å². The molecular weight excluding hydrogens is 300 g/mol. The second-order valence-corrected chi connectivity index (χ2v) is 5.37. The van der Waals surface area contributed by atoms with E-state index >= 15 is 0 Å². The van der Waals surface area contributed by atoms with Crippen molar-refractivity contribution >= 4 is 18.0 Å². The van der Waals surface area contributed by atoms with Crippen molar-refractivity contribution in [3.63, 3.8) is 0 Å². The van der Waals surface area contributed by atoms with Crippen LogP contribution in [0.4, 0.5) is 4.79 Å². The van der Waals surface area contributed by atoms with Crippen molar-refractivity contribution < 1.29 is 24.2 Å². The van der Waals surface area contributed by atoms with Crippen LogP contribution in [0.1, 0.15) is 25.8 Å². The molecule has 0 aliphatic carbocycles. The minimum Gasteiger partial charge on any atom is -0.480 e. The lowest BCUT2D eigenvalue weighted by Crippen LogP contribution is -2.45. The highest BCUT2D eigenvalue weighted by molar-refractivity contribution is 5.84. The summed E-state index contributed by atoms with van der Waals surface area (Å²) in [6.45, 7) is 3.63. The Morgan fingerprint density at radius 3 is 2.39 bits per heavy atom. The van der Waals surface area contributed by atoms with Gasteiger partial charge in [-0.25, -0.2) is 9.59 Å². The van der Waals surface area contributed by atoms with Crippen LogP contribution in [0.5, 0.6) is 0 Å². The molecule has 23 heavy (non-hydrogen) atoms. The van der Waals surface area contributed by atoms with Crippen molar-refractivity contribution in [2.45, 2.75) is 32.9 Å². The lowest BCUT2D eigenvalue weighted by molar-refractivity contribution is -0.143. The predicted octanol–water partition coefficient (Wildman–Crippen LogP) is 1.53. The molecule has 3 N–H and O–H groups in total. The van der Waals surface area contributed by atoms with Crippen molar-refractivity contribution in [1.82, 2.24) is 10.6 Å². The van der Waals surface area contributed by atoms with Crippen LogP contribution in [0.2, 0.25) is 0 Å². The highest BCUT2D eigenvalue weighted by atomic mass is 16.5. The topological polar surface area (TPSA) is 105 Å². The molecule has 0 spiro atoms. The molecule has 1 unspecified atom stereocenters. The van der Waals surface area contributed by atoms with Crippen molar-refractivity contribution in [1.29, 1.82) is 0 Å². The van der Waals surface area contributed by atoms with E-state index in [1.165, 1.54) is 0 Å². The Bertz CT molecular complexity index is 531. The number of carbonyl (C=O) groups excluding carboxylic acids is 2. The maximum absolute atomic E-state index is 11.7. The number of hydrogen-bond donors (Lipinski definition) is 3. The zero-order valence-electron chi connectivity index (χ0n) is 13.2. The number of carboxylic acids is 1. The third kappa shape index (κ3) is 7.30.